The number of ether oxygens (including phenoxy) is 2. The number of carbonyl (C=O) groups is 1. The number of esters is 1. The van der Waals surface area contributed by atoms with Gasteiger partial charge in [0.1, 0.15) is 12.7 Å². The first-order valence-corrected chi connectivity index (χ1v) is 7.53. The molecule has 3 rings (SSSR count). The molecule has 0 saturated carbocycles. The molecule has 6 heteroatoms. The Labute approximate surface area is 128 Å². The van der Waals surface area contributed by atoms with Gasteiger partial charge in [0.05, 0.1) is 19.1 Å². The zero-order chi connectivity index (χ0) is 15.7. The molecule has 0 aliphatic carbocycles. The lowest BCUT2D eigenvalue weighted by Gasteiger charge is -2.41. The second-order valence-corrected chi connectivity index (χ2v) is 5.81. The summed E-state index contributed by atoms with van der Waals surface area (Å²) in [6, 6.07) is 4.38. The molecule has 1 aromatic carbocycles. The van der Waals surface area contributed by atoms with Gasteiger partial charge in [-0.25, -0.2) is 4.39 Å². The van der Waals surface area contributed by atoms with Gasteiger partial charge in [0.2, 0.25) is 0 Å². The Morgan fingerprint density at radius 1 is 1.41 bits per heavy atom. The van der Waals surface area contributed by atoms with E-state index in [0.717, 1.165) is 0 Å². The molecule has 1 N–H and O–H groups in total. The van der Waals surface area contributed by atoms with Gasteiger partial charge in [-0.3, -0.25) is 9.69 Å². The summed E-state index contributed by atoms with van der Waals surface area (Å²) in [5, 5.41) is 10.5. The van der Waals surface area contributed by atoms with E-state index in [1.807, 2.05) is 0 Å². The first-order valence-electron chi connectivity index (χ1n) is 7.53. The van der Waals surface area contributed by atoms with Crippen LogP contribution in [0.4, 0.5) is 4.39 Å². The number of nitrogens with zero attached hydrogens (tertiary/aromatic N) is 1. The first kappa shape index (κ1) is 15.2. The third kappa shape index (κ3) is 2.68. The largest absolute Gasteiger partial charge is 0.488 e. The molecule has 0 radical (unpaired) electrons. The van der Waals surface area contributed by atoms with Crippen molar-refractivity contribution in [1.29, 1.82) is 0 Å². The Morgan fingerprint density at radius 3 is 2.82 bits per heavy atom. The summed E-state index contributed by atoms with van der Waals surface area (Å²) in [5.41, 5.74) is 0.492. The van der Waals surface area contributed by atoms with Crippen molar-refractivity contribution in [3.05, 3.63) is 29.6 Å². The molecule has 120 valence electrons. The number of aliphatic hydroxyl groups excluding tert-OH is 1. The number of fused-ring (bicyclic) bond motifs is 1. The van der Waals surface area contributed by atoms with Gasteiger partial charge >= 0.3 is 5.97 Å². The number of halogens is 1. The first-order chi connectivity index (χ1) is 10.6. The number of benzene rings is 1. The highest BCUT2D eigenvalue weighted by Gasteiger charge is 2.37. The van der Waals surface area contributed by atoms with Crippen molar-refractivity contribution in [3.8, 4) is 5.75 Å². The van der Waals surface area contributed by atoms with Crippen LogP contribution in [0.25, 0.3) is 0 Å². The van der Waals surface area contributed by atoms with Crippen LogP contribution in [0.5, 0.6) is 5.75 Å². The molecular formula is C16H20FNO4. The highest BCUT2D eigenvalue weighted by Crippen LogP contribution is 2.37. The smallest absolute Gasteiger partial charge is 0.308 e. The van der Waals surface area contributed by atoms with E-state index in [9.17, 15) is 14.3 Å². The molecular weight excluding hydrogens is 289 g/mol. The summed E-state index contributed by atoms with van der Waals surface area (Å²) in [6.07, 6.45) is 0.617. The maximum absolute atomic E-state index is 13.7. The van der Waals surface area contributed by atoms with Gasteiger partial charge in [0.25, 0.3) is 0 Å². The number of hydrogen-bond donors (Lipinski definition) is 1. The third-order valence-corrected chi connectivity index (χ3v) is 4.61. The number of piperidine rings is 1. The van der Waals surface area contributed by atoms with Crippen molar-refractivity contribution < 1.29 is 23.8 Å². The lowest BCUT2D eigenvalue weighted by atomic mass is 9.92. The summed E-state index contributed by atoms with van der Waals surface area (Å²) in [6.45, 7) is 1.63. The molecule has 1 fully saturated rings. The summed E-state index contributed by atoms with van der Waals surface area (Å²) in [5.74, 6) is -0.546. The summed E-state index contributed by atoms with van der Waals surface area (Å²) in [7, 11) is 1.40. The van der Waals surface area contributed by atoms with E-state index < -0.39 is 11.9 Å². The normalized spacial score (nSPS) is 26.1. The minimum absolute atomic E-state index is 0.0763. The molecule has 2 aliphatic rings. The molecule has 2 atom stereocenters. The number of carbonyl (C=O) groups excluding carboxylic acids is 1. The molecule has 0 amide bonds. The predicted molar refractivity (Wildman–Crippen MR) is 77.0 cm³/mol. The van der Waals surface area contributed by atoms with Gasteiger partial charge in [0.15, 0.2) is 11.6 Å². The highest BCUT2D eigenvalue weighted by molar-refractivity contribution is 5.72. The lowest BCUT2D eigenvalue weighted by molar-refractivity contribution is -0.147. The van der Waals surface area contributed by atoms with E-state index in [2.05, 4.69) is 4.90 Å². The molecule has 2 unspecified atom stereocenters. The van der Waals surface area contributed by atoms with Gasteiger partial charge < -0.3 is 14.6 Å². The van der Waals surface area contributed by atoms with Gasteiger partial charge in [-0.15, -0.1) is 0 Å². The molecule has 1 aromatic rings. The van der Waals surface area contributed by atoms with Gasteiger partial charge in [-0.05, 0) is 32.0 Å². The third-order valence-electron chi connectivity index (χ3n) is 4.61. The summed E-state index contributed by atoms with van der Waals surface area (Å²) >= 11 is 0. The monoisotopic (exact) mass is 309 g/mol. The van der Waals surface area contributed by atoms with Crippen LogP contribution in [-0.4, -0.2) is 48.8 Å². The van der Waals surface area contributed by atoms with E-state index >= 15 is 0 Å². The van der Waals surface area contributed by atoms with Crippen LogP contribution in [0.1, 0.15) is 24.5 Å². The van der Waals surface area contributed by atoms with Gasteiger partial charge in [0, 0.05) is 5.56 Å². The average molecular weight is 309 g/mol. The van der Waals surface area contributed by atoms with Crippen molar-refractivity contribution in [3.63, 3.8) is 0 Å². The number of aliphatic hydroxyl groups is 1. The molecule has 2 heterocycles. The SMILES string of the molecule is COC(=O)C1CCN(C2COc3c(F)cccc3C2O)CC1. The molecule has 2 aliphatic heterocycles. The Morgan fingerprint density at radius 2 is 2.14 bits per heavy atom. The quantitative estimate of drug-likeness (QED) is 0.839. The minimum Gasteiger partial charge on any atom is -0.488 e. The summed E-state index contributed by atoms with van der Waals surface area (Å²) < 4.78 is 24.0. The van der Waals surface area contributed by atoms with Crippen molar-refractivity contribution >= 4 is 5.97 Å². The zero-order valence-electron chi connectivity index (χ0n) is 12.5. The number of likely N-dealkylation sites (tertiary alicyclic amines) is 1. The van der Waals surface area contributed by atoms with Crippen LogP contribution in [-0.2, 0) is 9.53 Å². The van der Waals surface area contributed by atoms with Gasteiger partial charge in [-0.2, -0.15) is 0 Å². The van der Waals surface area contributed by atoms with Crippen molar-refractivity contribution in [2.75, 3.05) is 26.8 Å². The molecule has 22 heavy (non-hydrogen) atoms. The number of methoxy groups -OCH3 is 1. The summed E-state index contributed by atoms with van der Waals surface area (Å²) in [4.78, 5) is 13.7. The minimum atomic E-state index is -0.783. The zero-order valence-corrected chi connectivity index (χ0v) is 12.5. The maximum atomic E-state index is 13.7. The lowest BCUT2D eigenvalue weighted by Crippen LogP contribution is -2.50. The predicted octanol–water partition coefficient (Wildman–Crippen LogP) is 1.51. The van der Waals surface area contributed by atoms with E-state index in [1.54, 1.807) is 12.1 Å². The Kier molecular flexibility index (Phi) is 4.31. The maximum Gasteiger partial charge on any atom is 0.308 e. The fourth-order valence-corrected chi connectivity index (χ4v) is 3.32. The van der Waals surface area contributed by atoms with E-state index in [4.69, 9.17) is 9.47 Å². The average Bonchev–Trinajstić information content (AvgIpc) is 2.55. The Bertz CT molecular complexity index is 557. The van der Waals surface area contributed by atoms with Crippen LogP contribution in [0.3, 0.4) is 0 Å². The van der Waals surface area contributed by atoms with Crippen molar-refractivity contribution in [2.24, 2.45) is 5.92 Å². The van der Waals surface area contributed by atoms with Crippen LogP contribution in [0.15, 0.2) is 18.2 Å². The molecule has 1 saturated heterocycles. The van der Waals surface area contributed by atoms with E-state index in [1.165, 1.54) is 13.2 Å². The van der Waals surface area contributed by atoms with Crippen LogP contribution < -0.4 is 4.74 Å². The highest BCUT2D eigenvalue weighted by atomic mass is 19.1. The van der Waals surface area contributed by atoms with Gasteiger partial charge in [-0.1, -0.05) is 12.1 Å². The second kappa shape index (κ2) is 6.22. The second-order valence-electron chi connectivity index (χ2n) is 5.81. The standard InChI is InChI=1S/C16H20FNO4/c1-21-16(20)10-5-7-18(8-6-10)13-9-22-15-11(14(13)19)3-2-4-12(15)17/h2-4,10,13-14,19H,5-9H2,1H3. The molecule has 5 nitrogen and oxygen atoms in total. The fourth-order valence-electron chi connectivity index (χ4n) is 3.32. The Hall–Kier alpha value is -1.66. The topological polar surface area (TPSA) is 59.0 Å². The Balaban J connectivity index is 1.69. The van der Waals surface area contributed by atoms with Crippen molar-refractivity contribution in [1.82, 2.24) is 4.90 Å². The number of rotatable bonds is 2. The molecule has 0 aromatic heterocycles. The number of hydrogen-bond acceptors (Lipinski definition) is 5. The van der Waals surface area contributed by atoms with E-state index in [0.29, 0.717) is 31.5 Å². The fraction of sp³-hybridized carbons (Fsp3) is 0.562. The van der Waals surface area contributed by atoms with Crippen molar-refractivity contribution in [2.45, 2.75) is 25.0 Å². The number of para-hydroxylation sites is 1. The molecule has 0 spiro atoms. The molecule has 0 bridgehead atoms. The van der Waals surface area contributed by atoms with Crippen LogP contribution in [0.2, 0.25) is 0 Å². The van der Waals surface area contributed by atoms with E-state index in [-0.39, 0.29) is 30.3 Å². The van der Waals surface area contributed by atoms with Crippen LogP contribution >= 0.6 is 0 Å². The van der Waals surface area contributed by atoms with Crippen LogP contribution in [0, 0.1) is 11.7 Å².